The third-order valence-electron chi connectivity index (χ3n) is 6.68. The first-order valence-corrected chi connectivity index (χ1v) is 13.5. The molecular formula is C30H38N6O4. The highest BCUT2D eigenvalue weighted by Gasteiger charge is 2.19. The van der Waals surface area contributed by atoms with Crippen LogP contribution in [0.5, 0.6) is 0 Å². The summed E-state index contributed by atoms with van der Waals surface area (Å²) < 4.78 is 12.7. The molecule has 0 radical (unpaired) electrons. The Morgan fingerprint density at radius 1 is 1.05 bits per heavy atom. The Morgan fingerprint density at radius 3 is 2.58 bits per heavy atom. The third-order valence-corrected chi connectivity index (χ3v) is 6.68. The zero-order valence-corrected chi connectivity index (χ0v) is 23.7. The van der Waals surface area contributed by atoms with Gasteiger partial charge in [0.25, 0.3) is 0 Å². The molecule has 2 aromatic heterocycles. The first-order chi connectivity index (χ1) is 19.3. The normalized spacial score (nSPS) is 11.4. The Hall–Kier alpha value is -4.02. The number of hydrogen-bond acceptors (Lipinski definition) is 8. The molecule has 2 N–H and O–H groups in total. The molecule has 0 spiro atoms. The molecule has 212 valence electrons. The van der Waals surface area contributed by atoms with Crippen LogP contribution in [-0.4, -0.2) is 77.1 Å². The largest absolute Gasteiger partial charge is 0.469 e. The van der Waals surface area contributed by atoms with Crippen molar-refractivity contribution in [2.45, 2.75) is 39.5 Å². The van der Waals surface area contributed by atoms with E-state index < -0.39 is 0 Å². The van der Waals surface area contributed by atoms with Gasteiger partial charge >= 0.3 is 5.97 Å². The fourth-order valence-corrected chi connectivity index (χ4v) is 4.83. The number of methoxy groups -OCH3 is 1. The van der Waals surface area contributed by atoms with Crippen LogP contribution in [-0.2, 0) is 45.2 Å². The van der Waals surface area contributed by atoms with E-state index in [1.165, 1.54) is 7.11 Å². The van der Waals surface area contributed by atoms with Gasteiger partial charge in [-0.15, -0.1) is 0 Å². The molecule has 0 unspecified atom stereocenters. The second kappa shape index (κ2) is 13.4. The van der Waals surface area contributed by atoms with Crippen molar-refractivity contribution < 1.29 is 19.1 Å². The predicted molar refractivity (Wildman–Crippen MR) is 156 cm³/mol. The van der Waals surface area contributed by atoms with Crippen molar-refractivity contribution in [3.8, 4) is 0 Å². The van der Waals surface area contributed by atoms with Crippen LogP contribution in [0.2, 0.25) is 0 Å². The number of nitrogens with zero attached hydrogens (tertiary/aromatic N) is 5. The van der Waals surface area contributed by atoms with Crippen molar-refractivity contribution in [3.05, 3.63) is 65.5 Å². The lowest BCUT2D eigenvalue weighted by Crippen LogP contribution is -2.38. The zero-order chi connectivity index (χ0) is 28.6. The highest BCUT2D eigenvalue weighted by molar-refractivity contribution is 6.06. The minimum atomic E-state index is -0.295. The monoisotopic (exact) mass is 546 g/mol. The van der Waals surface area contributed by atoms with Crippen LogP contribution in [0.15, 0.2) is 48.5 Å². The van der Waals surface area contributed by atoms with Crippen molar-refractivity contribution in [3.63, 3.8) is 0 Å². The van der Waals surface area contributed by atoms with E-state index in [9.17, 15) is 9.59 Å². The molecule has 0 aliphatic carbocycles. The quantitative estimate of drug-likeness (QED) is 0.254. The van der Waals surface area contributed by atoms with Gasteiger partial charge in [-0.3, -0.25) is 9.59 Å². The number of likely N-dealkylation sites (N-methyl/N-ethyl adjacent to an activating group) is 1. The lowest BCUT2D eigenvalue weighted by atomic mass is 10.1. The number of esters is 1. The molecule has 0 atom stereocenters. The molecule has 0 saturated carbocycles. The number of aryl methyl sites for hydroxylation is 1. The van der Waals surface area contributed by atoms with E-state index >= 15 is 0 Å². The lowest BCUT2D eigenvalue weighted by molar-refractivity contribution is -0.139. The minimum Gasteiger partial charge on any atom is -0.469 e. The lowest BCUT2D eigenvalue weighted by Gasteiger charge is -2.25. The van der Waals surface area contributed by atoms with E-state index in [2.05, 4.69) is 9.55 Å². The zero-order valence-electron chi connectivity index (χ0n) is 23.7. The smallest absolute Gasteiger partial charge is 0.309 e. The minimum absolute atomic E-state index is 0.0345. The van der Waals surface area contributed by atoms with E-state index in [1.807, 2.05) is 79.3 Å². The summed E-state index contributed by atoms with van der Waals surface area (Å²) in [5.41, 5.74) is 10.5. The molecule has 40 heavy (non-hydrogen) atoms. The number of imidazole rings is 1. The highest BCUT2D eigenvalue weighted by Crippen LogP contribution is 2.29. The number of para-hydroxylation sites is 1. The third kappa shape index (κ3) is 6.94. The number of nitrogens with two attached hydrogens (primary N) is 1. The number of rotatable bonds is 13. The molecule has 0 aliphatic rings. The van der Waals surface area contributed by atoms with E-state index in [0.29, 0.717) is 57.1 Å². The Labute approximate surface area is 234 Å². The first-order valence-electron chi connectivity index (χ1n) is 13.5. The van der Waals surface area contributed by atoms with Gasteiger partial charge in [-0.25, -0.2) is 9.97 Å². The van der Waals surface area contributed by atoms with Gasteiger partial charge < -0.3 is 29.6 Å². The van der Waals surface area contributed by atoms with Crippen LogP contribution in [0.25, 0.3) is 21.9 Å². The number of carbonyl (C=O) groups excluding carboxylic acids is 2. The van der Waals surface area contributed by atoms with E-state index in [4.69, 9.17) is 20.2 Å². The van der Waals surface area contributed by atoms with Crippen LogP contribution in [0.1, 0.15) is 30.3 Å². The van der Waals surface area contributed by atoms with Gasteiger partial charge in [0.1, 0.15) is 17.9 Å². The molecule has 0 aliphatic heterocycles. The van der Waals surface area contributed by atoms with E-state index in [-0.39, 0.29) is 18.3 Å². The van der Waals surface area contributed by atoms with Crippen molar-refractivity contribution >= 4 is 39.6 Å². The van der Waals surface area contributed by atoms with Crippen molar-refractivity contribution in [2.75, 3.05) is 46.6 Å². The summed E-state index contributed by atoms with van der Waals surface area (Å²) >= 11 is 0. The number of nitrogen functional groups attached to an aromatic ring is 1. The summed E-state index contributed by atoms with van der Waals surface area (Å²) in [6.07, 6.45) is 0.889. The number of anilines is 1. The average Bonchev–Trinajstić information content (AvgIpc) is 3.30. The number of benzene rings is 2. The van der Waals surface area contributed by atoms with Gasteiger partial charge in [-0.2, -0.15) is 0 Å². The summed E-state index contributed by atoms with van der Waals surface area (Å²) in [7, 11) is 5.15. The fraction of sp³-hybridized carbons (Fsp3) is 0.400. The second-order valence-electron chi connectivity index (χ2n) is 10.0. The fourth-order valence-electron chi connectivity index (χ4n) is 4.83. The van der Waals surface area contributed by atoms with Crippen molar-refractivity contribution in [1.82, 2.24) is 24.3 Å². The molecule has 2 aromatic carbocycles. The Bertz CT molecular complexity index is 1480. The van der Waals surface area contributed by atoms with Gasteiger partial charge in [0, 0.05) is 31.6 Å². The number of fused-ring (bicyclic) bond motifs is 3. The van der Waals surface area contributed by atoms with Crippen LogP contribution in [0, 0.1) is 0 Å². The SMILES string of the molecule is CCOCc1nc2c(N)nc3ccccc3c2n1CCCN(Cc1cccc(CC(=O)OC)c1)C(=O)CN(C)C. The second-order valence-corrected chi connectivity index (χ2v) is 10.0. The number of ether oxygens (including phenoxy) is 2. The average molecular weight is 547 g/mol. The molecule has 4 aromatic rings. The van der Waals surface area contributed by atoms with E-state index in [0.717, 1.165) is 33.4 Å². The molecule has 0 saturated heterocycles. The number of pyridine rings is 1. The summed E-state index contributed by atoms with van der Waals surface area (Å²) in [5.74, 6) is 0.909. The molecular weight excluding hydrogens is 508 g/mol. The number of amides is 1. The first kappa shape index (κ1) is 29.0. The number of aromatic nitrogens is 3. The standard InChI is InChI=1S/C30H38N6O4/c1-5-40-20-25-33-28-29(23-12-6-7-13-24(23)32-30(28)31)36(25)15-9-14-35(26(37)19-34(2)3)18-22-11-8-10-21(16-22)17-27(38)39-4/h6-8,10-13,16H,5,9,14-15,17-20H2,1-4H3,(H2,31,32). The van der Waals surface area contributed by atoms with E-state index in [1.54, 1.807) is 0 Å². The van der Waals surface area contributed by atoms with Gasteiger partial charge in [0.15, 0.2) is 5.82 Å². The Morgan fingerprint density at radius 2 is 1.82 bits per heavy atom. The molecule has 0 fully saturated rings. The number of hydrogen-bond donors (Lipinski definition) is 1. The van der Waals surface area contributed by atoms with Crippen LogP contribution in [0.3, 0.4) is 0 Å². The maximum Gasteiger partial charge on any atom is 0.309 e. The van der Waals surface area contributed by atoms with Gasteiger partial charge in [0.2, 0.25) is 5.91 Å². The van der Waals surface area contributed by atoms with Gasteiger partial charge in [0.05, 0.1) is 31.1 Å². The van der Waals surface area contributed by atoms with Crippen molar-refractivity contribution in [1.29, 1.82) is 0 Å². The van der Waals surface area contributed by atoms with Crippen LogP contribution < -0.4 is 5.73 Å². The maximum atomic E-state index is 13.2. The predicted octanol–water partition coefficient (Wildman–Crippen LogP) is 3.40. The van der Waals surface area contributed by atoms with Crippen LogP contribution >= 0.6 is 0 Å². The molecule has 10 nitrogen and oxygen atoms in total. The molecule has 10 heteroatoms. The molecule has 0 bridgehead atoms. The van der Waals surface area contributed by atoms with Gasteiger partial charge in [-0.1, -0.05) is 42.5 Å². The maximum absolute atomic E-state index is 13.2. The topological polar surface area (TPSA) is 116 Å². The molecule has 2 heterocycles. The summed E-state index contributed by atoms with van der Waals surface area (Å²) in [5, 5.41) is 0.977. The Kier molecular flexibility index (Phi) is 9.68. The summed E-state index contributed by atoms with van der Waals surface area (Å²) in [4.78, 5) is 38.1. The summed E-state index contributed by atoms with van der Waals surface area (Å²) in [6.45, 7) is 4.79. The van der Waals surface area contributed by atoms with Crippen molar-refractivity contribution in [2.24, 2.45) is 0 Å². The summed E-state index contributed by atoms with van der Waals surface area (Å²) in [6, 6.07) is 15.6. The van der Waals surface area contributed by atoms with Gasteiger partial charge in [-0.05, 0) is 44.6 Å². The Balaban J connectivity index is 1.59. The molecule has 4 rings (SSSR count). The number of carbonyl (C=O) groups is 2. The molecule has 1 amide bonds. The van der Waals surface area contributed by atoms with Crippen LogP contribution in [0.4, 0.5) is 5.82 Å². The highest BCUT2D eigenvalue weighted by atomic mass is 16.5.